The smallest absolute Gasteiger partial charge is 0.182 e. The SMILES string of the molecule is C/C=C/CCCCCCCCCCCC1N=CC[N+]1(CC)CCO. The minimum Gasteiger partial charge on any atom is -0.391 e. The topological polar surface area (TPSA) is 32.6 Å². The van der Waals surface area contributed by atoms with Gasteiger partial charge in [-0.15, -0.1) is 0 Å². The first-order valence-corrected chi connectivity index (χ1v) is 10.4. The maximum absolute atomic E-state index is 9.34. The third-order valence-electron chi connectivity index (χ3n) is 5.60. The molecule has 1 aliphatic rings. The molecule has 1 heterocycles. The maximum atomic E-state index is 9.34. The number of quaternary nitrogens is 1. The Morgan fingerprint density at radius 1 is 1.04 bits per heavy atom. The van der Waals surface area contributed by atoms with Crippen LogP contribution in [0.5, 0.6) is 0 Å². The molecule has 0 saturated heterocycles. The lowest BCUT2D eigenvalue weighted by Crippen LogP contribution is -2.53. The van der Waals surface area contributed by atoms with Crippen LogP contribution in [-0.2, 0) is 0 Å². The van der Waals surface area contributed by atoms with Gasteiger partial charge in [-0.05, 0) is 33.1 Å². The number of hydrogen-bond donors (Lipinski definition) is 1. The van der Waals surface area contributed by atoms with E-state index in [2.05, 4.69) is 32.2 Å². The summed E-state index contributed by atoms with van der Waals surface area (Å²) in [5, 5.41) is 9.34. The van der Waals surface area contributed by atoms with E-state index < -0.39 is 0 Å². The van der Waals surface area contributed by atoms with Crippen molar-refractivity contribution in [2.24, 2.45) is 4.99 Å². The summed E-state index contributed by atoms with van der Waals surface area (Å²) in [5.41, 5.74) is 0. The van der Waals surface area contributed by atoms with Gasteiger partial charge in [-0.25, -0.2) is 4.99 Å². The molecule has 2 atom stereocenters. The van der Waals surface area contributed by atoms with E-state index in [1.54, 1.807) is 0 Å². The summed E-state index contributed by atoms with van der Waals surface area (Å²) in [6.45, 7) is 7.56. The lowest BCUT2D eigenvalue weighted by atomic mass is 10.0. The average Bonchev–Trinajstić information content (AvgIpc) is 2.99. The zero-order valence-electron chi connectivity index (χ0n) is 16.3. The fourth-order valence-electron chi connectivity index (χ4n) is 3.87. The third-order valence-corrected chi connectivity index (χ3v) is 5.60. The summed E-state index contributed by atoms with van der Waals surface area (Å²) in [6.07, 6.45) is 21.8. The van der Waals surface area contributed by atoms with E-state index in [0.29, 0.717) is 6.17 Å². The largest absolute Gasteiger partial charge is 0.391 e. The van der Waals surface area contributed by atoms with Crippen molar-refractivity contribution in [3.05, 3.63) is 12.2 Å². The molecule has 2 unspecified atom stereocenters. The Hall–Kier alpha value is -0.670. The van der Waals surface area contributed by atoms with Gasteiger partial charge in [0.2, 0.25) is 0 Å². The highest BCUT2D eigenvalue weighted by atomic mass is 16.3. The molecule has 24 heavy (non-hydrogen) atoms. The monoisotopic (exact) mass is 337 g/mol. The molecule has 0 amide bonds. The van der Waals surface area contributed by atoms with Crippen molar-refractivity contribution < 1.29 is 9.59 Å². The van der Waals surface area contributed by atoms with Gasteiger partial charge in [0.1, 0.15) is 13.1 Å². The highest BCUT2D eigenvalue weighted by molar-refractivity contribution is 5.60. The van der Waals surface area contributed by atoms with Crippen LogP contribution in [0.1, 0.15) is 84.5 Å². The summed E-state index contributed by atoms with van der Waals surface area (Å²) in [4.78, 5) is 4.70. The molecular formula is C21H41N2O+. The Morgan fingerprint density at radius 2 is 1.67 bits per heavy atom. The van der Waals surface area contributed by atoms with Gasteiger partial charge in [0.15, 0.2) is 6.17 Å². The molecular weight excluding hydrogens is 296 g/mol. The average molecular weight is 338 g/mol. The third kappa shape index (κ3) is 7.94. The van der Waals surface area contributed by atoms with Gasteiger partial charge in [-0.3, -0.25) is 4.48 Å². The Morgan fingerprint density at radius 3 is 2.25 bits per heavy atom. The first-order chi connectivity index (χ1) is 11.8. The van der Waals surface area contributed by atoms with Gasteiger partial charge in [-0.1, -0.05) is 57.1 Å². The molecule has 1 aliphatic heterocycles. The summed E-state index contributed by atoms with van der Waals surface area (Å²) in [5.74, 6) is 0. The van der Waals surface area contributed by atoms with Crippen LogP contribution in [0.25, 0.3) is 0 Å². The van der Waals surface area contributed by atoms with Crippen molar-refractivity contribution >= 4 is 6.21 Å². The standard InChI is InChI=1S/C21H41N2O/c1-3-5-6-7-8-9-10-11-12-13-14-15-16-21-22-17-18-23(21,4-2)19-20-24/h3,5,17,21,24H,4,6-16,18-20H2,1-2H3/q+1/b5-3+. The molecule has 3 heteroatoms. The second-order valence-corrected chi connectivity index (χ2v) is 7.31. The second-order valence-electron chi connectivity index (χ2n) is 7.31. The molecule has 0 radical (unpaired) electrons. The molecule has 1 rings (SSSR count). The van der Waals surface area contributed by atoms with E-state index in [-0.39, 0.29) is 6.61 Å². The Bertz CT molecular complexity index is 354. The minimum atomic E-state index is 0.280. The number of aliphatic hydroxyl groups is 1. The van der Waals surface area contributed by atoms with Crippen LogP contribution in [0, 0.1) is 0 Å². The highest BCUT2D eigenvalue weighted by Crippen LogP contribution is 2.24. The molecule has 0 spiro atoms. The number of aliphatic imine (C=N–C) groups is 1. The molecule has 3 nitrogen and oxygen atoms in total. The maximum Gasteiger partial charge on any atom is 0.182 e. The summed E-state index contributed by atoms with van der Waals surface area (Å²) < 4.78 is 0.976. The number of allylic oxidation sites excluding steroid dienone is 2. The first-order valence-electron chi connectivity index (χ1n) is 10.4. The van der Waals surface area contributed by atoms with Gasteiger partial charge >= 0.3 is 0 Å². The molecule has 0 fully saturated rings. The molecule has 0 aromatic carbocycles. The number of likely N-dealkylation sites (N-methyl/N-ethyl adjacent to an activating group) is 1. The molecule has 0 aromatic rings. The van der Waals surface area contributed by atoms with E-state index in [0.717, 1.165) is 24.1 Å². The summed E-state index contributed by atoms with van der Waals surface area (Å²) >= 11 is 0. The van der Waals surface area contributed by atoms with Crippen LogP contribution in [0.4, 0.5) is 0 Å². The Labute approximate surface area is 150 Å². The number of hydrogen-bond acceptors (Lipinski definition) is 2. The van der Waals surface area contributed by atoms with E-state index in [4.69, 9.17) is 4.99 Å². The van der Waals surface area contributed by atoms with E-state index in [1.807, 2.05) is 0 Å². The van der Waals surface area contributed by atoms with Crippen molar-refractivity contribution in [1.29, 1.82) is 0 Å². The van der Waals surface area contributed by atoms with Crippen LogP contribution >= 0.6 is 0 Å². The normalized spacial score (nSPS) is 23.5. The van der Waals surface area contributed by atoms with Crippen molar-refractivity contribution in [2.45, 2.75) is 90.6 Å². The van der Waals surface area contributed by atoms with Crippen LogP contribution < -0.4 is 0 Å². The van der Waals surface area contributed by atoms with Crippen molar-refractivity contribution in [1.82, 2.24) is 0 Å². The first kappa shape index (κ1) is 21.4. The van der Waals surface area contributed by atoms with Gasteiger partial charge in [0.25, 0.3) is 0 Å². The number of aliphatic hydroxyl groups excluding tert-OH is 1. The lowest BCUT2D eigenvalue weighted by molar-refractivity contribution is -0.936. The Kier molecular flexibility index (Phi) is 12.1. The van der Waals surface area contributed by atoms with Gasteiger partial charge < -0.3 is 5.11 Å². The van der Waals surface area contributed by atoms with Crippen molar-refractivity contribution in [3.8, 4) is 0 Å². The van der Waals surface area contributed by atoms with Crippen LogP contribution in [-0.4, -0.2) is 48.2 Å². The fourth-order valence-corrected chi connectivity index (χ4v) is 3.87. The molecule has 0 bridgehead atoms. The predicted octanol–water partition coefficient (Wildman–Crippen LogP) is 5.09. The molecule has 0 aliphatic carbocycles. The van der Waals surface area contributed by atoms with Gasteiger partial charge in [0.05, 0.1) is 19.4 Å². The quantitative estimate of drug-likeness (QED) is 0.252. The molecule has 0 aromatic heterocycles. The van der Waals surface area contributed by atoms with E-state index in [9.17, 15) is 5.11 Å². The van der Waals surface area contributed by atoms with Crippen LogP contribution in [0.3, 0.4) is 0 Å². The zero-order valence-corrected chi connectivity index (χ0v) is 16.3. The highest BCUT2D eigenvalue weighted by Gasteiger charge is 2.36. The molecule has 140 valence electrons. The lowest BCUT2D eigenvalue weighted by Gasteiger charge is -2.37. The molecule has 1 N–H and O–H groups in total. The van der Waals surface area contributed by atoms with E-state index >= 15 is 0 Å². The summed E-state index contributed by atoms with van der Waals surface area (Å²) in [6, 6.07) is 0. The zero-order chi connectivity index (χ0) is 17.5. The van der Waals surface area contributed by atoms with Gasteiger partial charge in [0, 0.05) is 6.42 Å². The second kappa shape index (κ2) is 13.6. The summed E-state index contributed by atoms with van der Waals surface area (Å²) in [7, 11) is 0. The minimum absolute atomic E-state index is 0.280. The van der Waals surface area contributed by atoms with Crippen molar-refractivity contribution in [3.63, 3.8) is 0 Å². The van der Waals surface area contributed by atoms with Crippen LogP contribution in [0.15, 0.2) is 17.1 Å². The van der Waals surface area contributed by atoms with Crippen molar-refractivity contribution in [2.75, 3.05) is 26.2 Å². The number of unbranched alkanes of at least 4 members (excludes halogenated alkanes) is 9. The number of rotatable bonds is 15. The Balaban J connectivity index is 1.97. The fraction of sp³-hybridized carbons (Fsp3) is 0.857. The molecule has 0 saturated carbocycles. The van der Waals surface area contributed by atoms with Crippen LogP contribution in [0.2, 0.25) is 0 Å². The van der Waals surface area contributed by atoms with E-state index in [1.165, 1.54) is 70.6 Å². The van der Waals surface area contributed by atoms with Gasteiger partial charge in [-0.2, -0.15) is 0 Å². The predicted molar refractivity (Wildman–Crippen MR) is 106 cm³/mol. The number of nitrogens with zero attached hydrogens (tertiary/aromatic N) is 2.